The molecular formula is C12H20N4S. The predicted octanol–water partition coefficient (Wildman–Crippen LogP) is 1.92. The van der Waals surface area contributed by atoms with E-state index in [1.54, 1.807) is 11.3 Å². The van der Waals surface area contributed by atoms with Crippen molar-refractivity contribution < 1.29 is 0 Å². The minimum absolute atomic E-state index is 0.534. The maximum atomic E-state index is 5.87. The molecule has 94 valence electrons. The van der Waals surface area contributed by atoms with E-state index in [1.807, 2.05) is 5.51 Å². The summed E-state index contributed by atoms with van der Waals surface area (Å²) < 4.78 is 0. The standard InChI is InChI=1S/C12H20N4S/c13-12(16-10-4-2-1-3-5-10)14-7-6-11-8-17-9-15-11/h8-10H,1-7H2,(H3,13,14,16). The average Bonchev–Trinajstić information content (AvgIpc) is 2.83. The fourth-order valence-electron chi connectivity index (χ4n) is 2.15. The average molecular weight is 252 g/mol. The number of guanidine groups is 1. The Hall–Kier alpha value is -1.10. The molecule has 1 fully saturated rings. The molecule has 0 unspecified atom stereocenters. The minimum atomic E-state index is 0.534. The lowest BCUT2D eigenvalue weighted by Gasteiger charge is -2.23. The zero-order valence-corrected chi connectivity index (χ0v) is 10.9. The van der Waals surface area contributed by atoms with Crippen LogP contribution in [0.5, 0.6) is 0 Å². The molecule has 1 saturated carbocycles. The van der Waals surface area contributed by atoms with Crippen molar-refractivity contribution in [2.45, 2.75) is 44.6 Å². The molecule has 3 N–H and O–H groups in total. The van der Waals surface area contributed by atoms with Gasteiger partial charge in [-0.15, -0.1) is 11.3 Å². The Morgan fingerprint density at radius 1 is 1.47 bits per heavy atom. The largest absolute Gasteiger partial charge is 0.370 e. The molecule has 1 heterocycles. The second-order valence-corrected chi connectivity index (χ2v) is 5.19. The van der Waals surface area contributed by atoms with Crippen LogP contribution in [0.3, 0.4) is 0 Å². The van der Waals surface area contributed by atoms with Crippen molar-refractivity contribution in [3.05, 3.63) is 16.6 Å². The van der Waals surface area contributed by atoms with E-state index in [1.165, 1.54) is 32.1 Å². The van der Waals surface area contributed by atoms with E-state index >= 15 is 0 Å². The van der Waals surface area contributed by atoms with Crippen LogP contribution in [-0.2, 0) is 6.42 Å². The van der Waals surface area contributed by atoms with E-state index in [0.717, 1.165) is 18.7 Å². The van der Waals surface area contributed by atoms with Crippen LogP contribution in [0.1, 0.15) is 37.8 Å². The molecule has 0 bridgehead atoms. The zero-order valence-electron chi connectivity index (χ0n) is 10.1. The fourth-order valence-corrected chi connectivity index (χ4v) is 2.75. The lowest BCUT2D eigenvalue weighted by atomic mass is 9.96. The number of hydrogen-bond acceptors (Lipinski definition) is 3. The van der Waals surface area contributed by atoms with Gasteiger partial charge in [-0.3, -0.25) is 4.99 Å². The zero-order chi connectivity index (χ0) is 11.9. The van der Waals surface area contributed by atoms with Gasteiger partial charge in [-0.25, -0.2) is 4.98 Å². The third-order valence-electron chi connectivity index (χ3n) is 3.09. The van der Waals surface area contributed by atoms with E-state index < -0.39 is 0 Å². The summed E-state index contributed by atoms with van der Waals surface area (Å²) in [6.07, 6.45) is 7.30. The molecule has 4 nitrogen and oxygen atoms in total. The molecule has 0 spiro atoms. The molecule has 2 rings (SSSR count). The highest BCUT2D eigenvalue weighted by molar-refractivity contribution is 7.07. The number of rotatable bonds is 4. The first-order chi connectivity index (χ1) is 8.34. The van der Waals surface area contributed by atoms with Gasteiger partial charge in [0.15, 0.2) is 5.96 Å². The first-order valence-corrected chi connectivity index (χ1v) is 7.22. The Kier molecular flexibility index (Phi) is 4.79. The van der Waals surface area contributed by atoms with Crippen molar-refractivity contribution >= 4 is 17.3 Å². The molecule has 1 aromatic heterocycles. The van der Waals surface area contributed by atoms with Gasteiger partial charge in [0.1, 0.15) is 0 Å². The molecule has 1 aliphatic rings. The quantitative estimate of drug-likeness (QED) is 0.635. The van der Waals surface area contributed by atoms with E-state index in [4.69, 9.17) is 5.73 Å². The first-order valence-electron chi connectivity index (χ1n) is 6.28. The molecule has 0 saturated heterocycles. The summed E-state index contributed by atoms with van der Waals surface area (Å²) in [5, 5.41) is 5.36. The Labute approximate surface area is 106 Å². The molecule has 0 atom stereocenters. The highest BCUT2D eigenvalue weighted by Crippen LogP contribution is 2.16. The third kappa shape index (κ3) is 4.34. The van der Waals surface area contributed by atoms with Crippen LogP contribution in [0, 0.1) is 0 Å². The van der Waals surface area contributed by atoms with Gasteiger partial charge in [-0.2, -0.15) is 0 Å². The number of hydrogen-bond donors (Lipinski definition) is 2. The van der Waals surface area contributed by atoms with Gasteiger partial charge in [-0.1, -0.05) is 19.3 Å². The Morgan fingerprint density at radius 2 is 2.29 bits per heavy atom. The fraction of sp³-hybridized carbons (Fsp3) is 0.667. The van der Waals surface area contributed by atoms with Crippen LogP contribution < -0.4 is 11.1 Å². The van der Waals surface area contributed by atoms with Crippen LogP contribution in [0.15, 0.2) is 15.9 Å². The van der Waals surface area contributed by atoms with Gasteiger partial charge in [0.25, 0.3) is 0 Å². The number of thiazole rings is 1. The summed E-state index contributed by atoms with van der Waals surface area (Å²) in [5.41, 5.74) is 8.82. The summed E-state index contributed by atoms with van der Waals surface area (Å²) in [6.45, 7) is 0.718. The highest BCUT2D eigenvalue weighted by Gasteiger charge is 2.12. The van der Waals surface area contributed by atoms with E-state index in [0.29, 0.717) is 12.0 Å². The van der Waals surface area contributed by atoms with Gasteiger partial charge in [0.05, 0.1) is 11.2 Å². The van der Waals surface area contributed by atoms with Crippen molar-refractivity contribution in [2.24, 2.45) is 10.7 Å². The molecule has 17 heavy (non-hydrogen) atoms. The number of nitrogens with two attached hydrogens (primary N) is 1. The molecular weight excluding hydrogens is 232 g/mol. The molecule has 0 amide bonds. The van der Waals surface area contributed by atoms with Crippen molar-refractivity contribution in [2.75, 3.05) is 6.54 Å². The van der Waals surface area contributed by atoms with Gasteiger partial charge in [0, 0.05) is 24.4 Å². The lowest BCUT2D eigenvalue weighted by Crippen LogP contribution is -2.41. The monoisotopic (exact) mass is 252 g/mol. The molecule has 1 aromatic rings. The molecule has 1 aliphatic carbocycles. The third-order valence-corrected chi connectivity index (χ3v) is 3.73. The molecule has 0 radical (unpaired) electrons. The van der Waals surface area contributed by atoms with E-state index in [-0.39, 0.29) is 0 Å². The summed E-state index contributed by atoms with van der Waals surface area (Å²) in [6, 6.07) is 0.534. The molecule has 5 heteroatoms. The Morgan fingerprint density at radius 3 is 3.00 bits per heavy atom. The molecule has 0 aliphatic heterocycles. The number of aliphatic imine (C=N–C) groups is 1. The number of nitrogens with one attached hydrogen (secondary N) is 1. The van der Waals surface area contributed by atoms with Crippen LogP contribution in [0.2, 0.25) is 0 Å². The normalized spacial score (nSPS) is 18.2. The minimum Gasteiger partial charge on any atom is -0.370 e. The summed E-state index contributed by atoms with van der Waals surface area (Å²) in [5.74, 6) is 0.590. The maximum absolute atomic E-state index is 5.87. The Balaban J connectivity index is 1.69. The second-order valence-electron chi connectivity index (χ2n) is 4.48. The predicted molar refractivity (Wildman–Crippen MR) is 72.3 cm³/mol. The van der Waals surface area contributed by atoms with Gasteiger partial charge >= 0.3 is 0 Å². The topological polar surface area (TPSA) is 63.3 Å². The smallest absolute Gasteiger partial charge is 0.188 e. The van der Waals surface area contributed by atoms with Crippen LogP contribution in [0.4, 0.5) is 0 Å². The van der Waals surface area contributed by atoms with E-state index in [2.05, 4.69) is 20.7 Å². The van der Waals surface area contributed by atoms with Crippen LogP contribution >= 0.6 is 11.3 Å². The van der Waals surface area contributed by atoms with Crippen molar-refractivity contribution in [1.29, 1.82) is 0 Å². The SMILES string of the molecule is NC(=NCCc1cscn1)NC1CCCCC1. The number of aromatic nitrogens is 1. The molecule has 0 aromatic carbocycles. The number of nitrogens with zero attached hydrogens (tertiary/aromatic N) is 2. The summed E-state index contributed by atoms with van der Waals surface area (Å²) in [4.78, 5) is 8.56. The van der Waals surface area contributed by atoms with Crippen molar-refractivity contribution in [3.8, 4) is 0 Å². The van der Waals surface area contributed by atoms with Gasteiger partial charge < -0.3 is 11.1 Å². The maximum Gasteiger partial charge on any atom is 0.188 e. The van der Waals surface area contributed by atoms with Crippen molar-refractivity contribution in [3.63, 3.8) is 0 Å². The highest BCUT2D eigenvalue weighted by atomic mass is 32.1. The van der Waals surface area contributed by atoms with Crippen LogP contribution in [-0.4, -0.2) is 23.5 Å². The first kappa shape index (κ1) is 12.4. The summed E-state index contributed by atoms with van der Waals surface area (Å²) >= 11 is 1.62. The Bertz CT molecular complexity index is 341. The van der Waals surface area contributed by atoms with Gasteiger partial charge in [0.2, 0.25) is 0 Å². The lowest BCUT2D eigenvalue weighted by molar-refractivity contribution is 0.412. The summed E-state index contributed by atoms with van der Waals surface area (Å²) in [7, 11) is 0. The van der Waals surface area contributed by atoms with Crippen LogP contribution in [0.25, 0.3) is 0 Å². The van der Waals surface area contributed by atoms with Crippen molar-refractivity contribution in [1.82, 2.24) is 10.3 Å². The second kappa shape index (κ2) is 6.59. The van der Waals surface area contributed by atoms with E-state index in [9.17, 15) is 0 Å². The van der Waals surface area contributed by atoms with Gasteiger partial charge in [-0.05, 0) is 12.8 Å².